The van der Waals surface area contributed by atoms with E-state index in [1.165, 1.54) is 13.5 Å². The minimum Gasteiger partial charge on any atom is -0.464 e. The number of esters is 1. The molecule has 0 atom stereocenters. The molecule has 0 radical (unpaired) electrons. The first-order valence-corrected chi connectivity index (χ1v) is 6.13. The summed E-state index contributed by atoms with van der Waals surface area (Å²) in [6.07, 6.45) is 4.32. The van der Waals surface area contributed by atoms with Crippen molar-refractivity contribution in [3.63, 3.8) is 0 Å². The van der Waals surface area contributed by atoms with Crippen LogP contribution in [0.25, 0.3) is 0 Å². The molecule has 1 fully saturated rings. The second-order valence-corrected chi connectivity index (χ2v) is 4.49. The van der Waals surface area contributed by atoms with E-state index >= 15 is 0 Å². The van der Waals surface area contributed by atoms with Crippen LogP contribution in [0.4, 0.5) is 5.82 Å². The smallest absolute Gasteiger partial charge is 0.358 e. The maximum Gasteiger partial charge on any atom is 0.358 e. The van der Waals surface area contributed by atoms with Gasteiger partial charge in [0, 0.05) is 12.1 Å². The van der Waals surface area contributed by atoms with Gasteiger partial charge in [0.25, 0.3) is 0 Å². The third-order valence-corrected chi connectivity index (χ3v) is 3.36. The zero-order valence-electron chi connectivity index (χ0n) is 10.4. The van der Waals surface area contributed by atoms with Gasteiger partial charge in [-0.15, -0.1) is 0 Å². The fraction of sp³-hybridized carbons (Fsp3) is 0.667. The van der Waals surface area contributed by atoms with Gasteiger partial charge in [-0.2, -0.15) is 5.10 Å². The van der Waals surface area contributed by atoms with E-state index in [0.29, 0.717) is 17.4 Å². The van der Waals surface area contributed by atoms with E-state index in [2.05, 4.69) is 12.0 Å². The standard InChI is InChI=1S/C12H19N3O2/c1-3-7-15-11(13)9(8-5-4-6-8)10(14-15)12(16)17-2/h8H,3-7,13H2,1-2H3. The number of hydrogen-bond acceptors (Lipinski definition) is 4. The lowest BCUT2D eigenvalue weighted by Gasteiger charge is -2.25. The van der Waals surface area contributed by atoms with E-state index in [-0.39, 0.29) is 5.97 Å². The highest BCUT2D eigenvalue weighted by molar-refractivity contribution is 5.90. The third kappa shape index (κ3) is 2.01. The van der Waals surface area contributed by atoms with Gasteiger partial charge in [0.1, 0.15) is 5.82 Å². The molecule has 1 heterocycles. The number of rotatable bonds is 4. The molecule has 1 aliphatic rings. The molecule has 0 bridgehead atoms. The van der Waals surface area contributed by atoms with Crippen LogP contribution in [0.5, 0.6) is 0 Å². The van der Waals surface area contributed by atoms with Crippen LogP contribution in [0.2, 0.25) is 0 Å². The molecule has 0 unspecified atom stereocenters. The predicted molar refractivity (Wildman–Crippen MR) is 64.9 cm³/mol. The molecular formula is C12H19N3O2. The number of methoxy groups -OCH3 is 1. The SMILES string of the molecule is CCCn1nc(C(=O)OC)c(C2CCC2)c1N. The lowest BCUT2D eigenvalue weighted by atomic mass is 9.79. The van der Waals surface area contributed by atoms with E-state index in [1.807, 2.05) is 0 Å². The van der Waals surface area contributed by atoms with Crippen molar-refractivity contribution in [1.29, 1.82) is 0 Å². The summed E-state index contributed by atoms with van der Waals surface area (Å²) < 4.78 is 6.49. The molecule has 0 saturated heterocycles. The Kier molecular flexibility index (Phi) is 3.36. The number of carbonyl (C=O) groups is 1. The molecule has 1 aromatic heterocycles. The molecule has 17 heavy (non-hydrogen) atoms. The summed E-state index contributed by atoms with van der Waals surface area (Å²) in [5.41, 5.74) is 7.39. The maximum absolute atomic E-state index is 11.7. The van der Waals surface area contributed by atoms with E-state index in [9.17, 15) is 4.79 Å². The monoisotopic (exact) mass is 237 g/mol. The highest BCUT2D eigenvalue weighted by Crippen LogP contribution is 2.41. The van der Waals surface area contributed by atoms with Crippen LogP contribution in [-0.4, -0.2) is 22.9 Å². The summed E-state index contributed by atoms with van der Waals surface area (Å²) in [4.78, 5) is 11.7. The first kappa shape index (κ1) is 12.0. The number of aryl methyl sites for hydroxylation is 1. The highest BCUT2D eigenvalue weighted by atomic mass is 16.5. The number of nitrogens with two attached hydrogens (primary N) is 1. The zero-order chi connectivity index (χ0) is 12.4. The number of nitrogens with zero attached hydrogens (tertiary/aromatic N) is 2. The maximum atomic E-state index is 11.7. The molecule has 0 amide bonds. The topological polar surface area (TPSA) is 70.1 Å². The van der Waals surface area contributed by atoms with Gasteiger partial charge in [-0.05, 0) is 25.2 Å². The van der Waals surface area contributed by atoms with E-state index in [4.69, 9.17) is 10.5 Å². The minimum atomic E-state index is -0.381. The van der Waals surface area contributed by atoms with Crippen LogP contribution in [0.15, 0.2) is 0 Å². The molecule has 5 heteroatoms. The molecule has 1 aromatic rings. The number of anilines is 1. The van der Waals surface area contributed by atoms with Gasteiger partial charge in [0.2, 0.25) is 0 Å². The van der Waals surface area contributed by atoms with Crippen molar-refractivity contribution in [2.75, 3.05) is 12.8 Å². The van der Waals surface area contributed by atoms with Crippen molar-refractivity contribution in [2.45, 2.75) is 45.1 Å². The number of ether oxygens (including phenoxy) is 1. The highest BCUT2D eigenvalue weighted by Gasteiger charge is 2.31. The van der Waals surface area contributed by atoms with Crippen molar-refractivity contribution in [2.24, 2.45) is 0 Å². The Labute approximate surface area is 101 Å². The summed E-state index contributed by atoms with van der Waals surface area (Å²) in [5.74, 6) is 0.639. The Bertz CT molecular complexity index is 422. The van der Waals surface area contributed by atoms with Crippen molar-refractivity contribution >= 4 is 11.8 Å². The fourth-order valence-electron chi connectivity index (χ4n) is 2.22. The van der Waals surface area contributed by atoms with Gasteiger partial charge in [0.15, 0.2) is 5.69 Å². The van der Waals surface area contributed by atoms with Gasteiger partial charge in [-0.25, -0.2) is 9.48 Å². The molecule has 0 aliphatic heterocycles. The van der Waals surface area contributed by atoms with Gasteiger partial charge < -0.3 is 10.5 Å². The van der Waals surface area contributed by atoms with Crippen molar-refractivity contribution in [3.05, 3.63) is 11.3 Å². The molecule has 0 aromatic carbocycles. The summed E-state index contributed by atoms with van der Waals surface area (Å²) in [6, 6.07) is 0. The van der Waals surface area contributed by atoms with Crippen LogP contribution in [0.3, 0.4) is 0 Å². The van der Waals surface area contributed by atoms with E-state index in [0.717, 1.165) is 31.4 Å². The summed E-state index contributed by atoms with van der Waals surface area (Å²) in [5, 5.41) is 4.29. The van der Waals surface area contributed by atoms with Crippen molar-refractivity contribution in [3.8, 4) is 0 Å². The van der Waals surface area contributed by atoms with Crippen LogP contribution >= 0.6 is 0 Å². The first-order valence-electron chi connectivity index (χ1n) is 6.13. The van der Waals surface area contributed by atoms with Crippen LogP contribution < -0.4 is 5.73 Å². The Morgan fingerprint density at radius 3 is 2.76 bits per heavy atom. The molecule has 1 aliphatic carbocycles. The molecule has 1 saturated carbocycles. The second kappa shape index (κ2) is 4.77. The Balaban J connectivity index is 2.40. The number of hydrogen-bond donors (Lipinski definition) is 1. The Morgan fingerprint density at radius 1 is 1.59 bits per heavy atom. The van der Waals surface area contributed by atoms with Crippen LogP contribution in [-0.2, 0) is 11.3 Å². The third-order valence-electron chi connectivity index (χ3n) is 3.36. The number of aromatic nitrogens is 2. The molecule has 2 rings (SSSR count). The molecule has 2 N–H and O–H groups in total. The predicted octanol–water partition coefficient (Wildman–Crippen LogP) is 1.93. The van der Waals surface area contributed by atoms with E-state index < -0.39 is 0 Å². The van der Waals surface area contributed by atoms with Crippen LogP contribution in [0.1, 0.15) is 54.6 Å². The van der Waals surface area contributed by atoms with Crippen molar-refractivity contribution in [1.82, 2.24) is 9.78 Å². The van der Waals surface area contributed by atoms with Gasteiger partial charge >= 0.3 is 5.97 Å². The fourth-order valence-corrected chi connectivity index (χ4v) is 2.22. The number of nitrogen functional groups attached to an aromatic ring is 1. The first-order chi connectivity index (χ1) is 8.19. The normalized spacial score (nSPS) is 15.6. The summed E-state index contributed by atoms with van der Waals surface area (Å²) in [6.45, 7) is 2.80. The zero-order valence-corrected chi connectivity index (χ0v) is 10.4. The van der Waals surface area contributed by atoms with Crippen molar-refractivity contribution < 1.29 is 9.53 Å². The molecule has 5 nitrogen and oxygen atoms in total. The second-order valence-electron chi connectivity index (χ2n) is 4.49. The largest absolute Gasteiger partial charge is 0.464 e. The molecule has 0 spiro atoms. The molecule has 94 valence electrons. The lowest BCUT2D eigenvalue weighted by molar-refractivity contribution is 0.0590. The van der Waals surface area contributed by atoms with Gasteiger partial charge in [0.05, 0.1) is 7.11 Å². The Morgan fingerprint density at radius 2 is 2.29 bits per heavy atom. The quantitative estimate of drug-likeness (QED) is 0.812. The van der Waals surface area contributed by atoms with Gasteiger partial charge in [-0.1, -0.05) is 13.3 Å². The molecular weight excluding hydrogens is 218 g/mol. The lowest BCUT2D eigenvalue weighted by Crippen LogP contribution is -2.15. The summed E-state index contributed by atoms with van der Waals surface area (Å²) >= 11 is 0. The summed E-state index contributed by atoms with van der Waals surface area (Å²) in [7, 11) is 1.38. The van der Waals surface area contributed by atoms with Crippen LogP contribution in [0, 0.1) is 0 Å². The van der Waals surface area contributed by atoms with Gasteiger partial charge in [-0.3, -0.25) is 0 Å². The minimum absolute atomic E-state index is 0.381. The Hall–Kier alpha value is -1.52. The average molecular weight is 237 g/mol. The number of carbonyl (C=O) groups excluding carboxylic acids is 1. The van der Waals surface area contributed by atoms with E-state index in [1.54, 1.807) is 4.68 Å². The average Bonchev–Trinajstić information content (AvgIpc) is 2.56.